The monoisotopic (exact) mass is 531 g/mol. The molecule has 222 valence electrons. The van der Waals surface area contributed by atoms with Crippen molar-refractivity contribution in [1.29, 1.82) is 0 Å². The molecule has 0 amide bonds. The Bertz CT molecular complexity index is 817. The Labute approximate surface area is 237 Å². The summed E-state index contributed by atoms with van der Waals surface area (Å²) in [5.74, 6) is 10.2. The maximum Gasteiger partial charge on any atom is 0.109 e. The average Bonchev–Trinajstić information content (AvgIpc) is 3.20. The van der Waals surface area contributed by atoms with Gasteiger partial charge in [0.1, 0.15) is 5.82 Å². The maximum atomic E-state index is 7.20. The third-order valence-electron chi connectivity index (χ3n) is 13.6. The largest absolute Gasteiger partial charge is 0.368 e. The molecular weight excluding hydrogens is 464 g/mol. The fourth-order valence-corrected chi connectivity index (χ4v) is 10.0. The van der Waals surface area contributed by atoms with Gasteiger partial charge in [0.15, 0.2) is 0 Å². The summed E-state index contributed by atoms with van der Waals surface area (Å²) in [6.45, 7) is 23.8. The van der Waals surface area contributed by atoms with Gasteiger partial charge in [-0.1, -0.05) is 75.2 Å². The molecule has 4 saturated carbocycles. The second kappa shape index (κ2) is 11.6. The minimum absolute atomic E-state index is 0.108. The second-order valence-electron chi connectivity index (χ2n) is 15.4. The Morgan fingerprint density at radius 2 is 1.61 bits per heavy atom. The third-order valence-corrected chi connectivity index (χ3v) is 13.6. The van der Waals surface area contributed by atoms with Crippen molar-refractivity contribution in [2.75, 3.05) is 0 Å². The Morgan fingerprint density at radius 3 is 2.24 bits per heavy atom. The van der Waals surface area contributed by atoms with Crippen molar-refractivity contribution in [2.24, 2.45) is 56.9 Å². The number of nitrogens with one attached hydrogen (secondary N) is 2. The zero-order valence-corrected chi connectivity index (χ0v) is 27.1. The Morgan fingerprint density at radius 1 is 0.947 bits per heavy atom. The molecule has 4 fully saturated rings. The predicted molar refractivity (Wildman–Crippen MR) is 165 cm³/mol. The fraction of sp³-hybridized carbons (Fsp3) is 0.941. The van der Waals surface area contributed by atoms with Crippen molar-refractivity contribution in [3.63, 3.8) is 0 Å². The molecule has 4 aliphatic rings. The molecule has 8 atom stereocenters. The van der Waals surface area contributed by atoms with Gasteiger partial charge in [-0.05, 0) is 123 Å². The van der Waals surface area contributed by atoms with Gasteiger partial charge in [0.05, 0.1) is 0 Å². The van der Waals surface area contributed by atoms with Crippen molar-refractivity contribution in [2.45, 2.75) is 158 Å². The first-order valence-electron chi connectivity index (χ1n) is 16.5. The van der Waals surface area contributed by atoms with Gasteiger partial charge in [-0.2, -0.15) is 0 Å². The number of rotatable bonds is 8. The average molecular weight is 531 g/mol. The van der Waals surface area contributed by atoms with Gasteiger partial charge in [0.25, 0.3) is 0 Å². The highest BCUT2D eigenvalue weighted by molar-refractivity contribution is 5.15. The van der Waals surface area contributed by atoms with Gasteiger partial charge in [0.2, 0.25) is 0 Å². The number of hydrogen-bond donors (Lipinski definition) is 4. The normalized spacial score (nSPS) is 40.2. The van der Waals surface area contributed by atoms with E-state index in [1.54, 1.807) is 0 Å². The van der Waals surface area contributed by atoms with E-state index in [1.807, 2.05) is 13.8 Å². The number of fused-ring (bicyclic) bond motifs is 5. The summed E-state index contributed by atoms with van der Waals surface area (Å²) in [5, 5.41) is 3.69. The zero-order valence-electron chi connectivity index (χ0n) is 27.1. The summed E-state index contributed by atoms with van der Waals surface area (Å²) in [7, 11) is 0. The van der Waals surface area contributed by atoms with Crippen LogP contribution in [0.4, 0.5) is 0 Å². The summed E-state index contributed by atoms with van der Waals surface area (Å²) >= 11 is 0. The smallest absolute Gasteiger partial charge is 0.109 e. The van der Waals surface area contributed by atoms with Gasteiger partial charge in [-0.15, -0.1) is 0 Å². The highest BCUT2D eigenvalue weighted by Crippen LogP contribution is 2.69. The molecule has 4 rings (SSSR count). The third kappa shape index (κ3) is 5.19. The lowest BCUT2D eigenvalue weighted by Gasteiger charge is -2.64. The molecule has 6 N–H and O–H groups in total. The van der Waals surface area contributed by atoms with E-state index in [9.17, 15) is 0 Å². The molecule has 4 aliphatic carbocycles. The van der Waals surface area contributed by atoms with E-state index in [4.69, 9.17) is 11.6 Å². The Hall–Kier alpha value is -0.740. The lowest BCUT2D eigenvalue weighted by atomic mass is 9.42. The second-order valence-corrected chi connectivity index (χ2v) is 15.4. The van der Waals surface area contributed by atoms with Gasteiger partial charge >= 0.3 is 0 Å². The van der Waals surface area contributed by atoms with Crippen molar-refractivity contribution >= 4 is 0 Å². The summed E-state index contributed by atoms with van der Waals surface area (Å²) in [5.41, 5.74) is 11.4. The van der Waals surface area contributed by atoms with Crippen LogP contribution in [0.2, 0.25) is 0 Å². The highest BCUT2D eigenvalue weighted by Gasteiger charge is 2.63. The van der Waals surface area contributed by atoms with Crippen LogP contribution in [0.5, 0.6) is 0 Å². The number of allylic oxidation sites excluding steroid dienone is 1. The molecular formula is C34H66N4. The molecule has 4 nitrogen and oxygen atoms in total. The standard InChI is InChI=1S/C32H60N4.C2H6/c1-9-12-27(36-34)35-22(2)29(5,6)28(3,4)21-23-13-14-25-24-15-20-32(33)18-11-10-17-31(32,8)26(24)16-19-30(23,25)7;1-2/h12,22-26,35-36H,9-11,13-21,33-34H2,1-8H3;1-2H3/b27-12-;. The van der Waals surface area contributed by atoms with Gasteiger partial charge in [-0.25, -0.2) is 5.84 Å². The molecule has 0 aromatic rings. The van der Waals surface area contributed by atoms with Crippen LogP contribution in [-0.4, -0.2) is 11.6 Å². The van der Waals surface area contributed by atoms with Crippen molar-refractivity contribution in [3.8, 4) is 0 Å². The Kier molecular flexibility index (Phi) is 9.73. The van der Waals surface area contributed by atoms with Gasteiger partial charge in [0, 0.05) is 11.6 Å². The molecule has 0 saturated heterocycles. The highest BCUT2D eigenvalue weighted by atomic mass is 15.3. The number of hydrazine groups is 1. The molecule has 8 unspecified atom stereocenters. The minimum Gasteiger partial charge on any atom is -0.368 e. The number of nitrogens with two attached hydrogens (primary N) is 2. The summed E-state index contributed by atoms with van der Waals surface area (Å²) in [4.78, 5) is 0. The molecule has 0 aliphatic heterocycles. The fourth-order valence-electron chi connectivity index (χ4n) is 10.0. The molecule has 0 radical (unpaired) electrons. The molecule has 0 heterocycles. The first kappa shape index (κ1) is 31.8. The van der Waals surface area contributed by atoms with E-state index in [1.165, 1.54) is 70.6 Å². The van der Waals surface area contributed by atoms with E-state index in [0.717, 1.165) is 35.9 Å². The van der Waals surface area contributed by atoms with Crippen molar-refractivity contribution in [3.05, 3.63) is 11.9 Å². The SMILES string of the molecule is CC.CC/C=C(\NN)NC(C)C(C)(C)C(C)(C)CC1CCC2C3CCC4(N)CCCCC4(C)C3CCC12C. The van der Waals surface area contributed by atoms with E-state index < -0.39 is 0 Å². The topological polar surface area (TPSA) is 76.1 Å². The predicted octanol–water partition coefficient (Wildman–Crippen LogP) is 8.28. The summed E-state index contributed by atoms with van der Waals surface area (Å²) in [6, 6.07) is 0.323. The van der Waals surface area contributed by atoms with Gasteiger partial charge < -0.3 is 16.5 Å². The molecule has 4 heteroatoms. The van der Waals surface area contributed by atoms with E-state index >= 15 is 0 Å². The van der Waals surface area contributed by atoms with E-state index in [0.29, 0.717) is 16.9 Å². The van der Waals surface area contributed by atoms with Crippen LogP contribution < -0.4 is 22.3 Å². The molecule has 38 heavy (non-hydrogen) atoms. The summed E-state index contributed by atoms with van der Waals surface area (Å²) in [6.07, 6.45) is 18.2. The van der Waals surface area contributed by atoms with Gasteiger partial charge in [-0.3, -0.25) is 0 Å². The summed E-state index contributed by atoms with van der Waals surface area (Å²) < 4.78 is 0. The van der Waals surface area contributed by atoms with E-state index in [-0.39, 0.29) is 16.4 Å². The minimum atomic E-state index is 0.108. The van der Waals surface area contributed by atoms with Crippen molar-refractivity contribution < 1.29 is 0 Å². The first-order chi connectivity index (χ1) is 17.8. The zero-order chi connectivity index (χ0) is 28.6. The van der Waals surface area contributed by atoms with Crippen LogP contribution in [0.3, 0.4) is 0 Å². The lowest BCUT2D eigenvalue weighted by Crippen LogP contribution is -2.65. The molecule has 0 spiro atoms. The quantitative estimate of drug-likeness (QED) is 0.188. The molecule has 0 aromatic carbocycles. The first-order valence-corrected chi connectivity index (χ1v) is 16.5. The maximum absolute atomic E-state index is 7.20. The molecule has 0 bridgehead atoms. The lowest BCUT2D eigenvalue weighted by molar-refractivity contribution is -0.125. The van der Waals surface area contributed by atoms with Crippen LogP contribution in [-0.2, 0) is 0 Å². The Balaban J connectivity index is 0.00000195. The van der Waals surface area contributed by atoms with Crippen LogP contribution in [0.1, 0.15) is 146 Å². The van der Waals surface area contributed by atoms with Crippen molar-refractivity contribution in [1.82, 2.24) is 10.7 Å². The molecule has 0 aromatic heterocycles. The van der Waals surface area contributed by atoms with Crippen LogP contribution in [0.25, 0.3) is 0 Å². The van der Waals surface area contributed by atoms with Crippen LogP contribution in [0, 0.1) is 45.3 Å². The van der Waals surface area contributed by atoms with E-state index in [2.05, 4.69) is 72.2 Å². The van der Waals surface area contributed by atoms with Crippen LogP contribution in [0.15, 0.2) is 11.9 Å². The number of hydrogen-bond acceptors (Lipinski definition) is 4. The van der Waals surface area contributed by atoms with Crippen LogP contribution >= 0.6 is 0 Å².